The summed E-state index contributed by atoms with van der Waals surface area (Å²) in [6.45, 7) is 1.82. The molecule has 0 aromatic heterocycles. The number of nitriles is 1. The first kappa shape index (κ1) is 26.8. The van der Waals surface area contributed by atoms with E-state index in [1.165, 1.54) is 19.2 Å². The third-order valence-electron chi connectivity index (χ3n) is 5.50. The summed E-state index contributed by atoms with van der Waals surface area (Å²) < 4.78 is 9.52. The summed E-state index contributed by atoms with van der Waals surface area (Å²) in [7, 11) is 2.40. The van der Waals surface area contributed by atoms with Gasteiger partial charge in [-0.05, 0) is 42.3 Å². The van der Waals surface area contributed by atoms with Gasteiger partial charge in [-0.25, -0.2) is 4.79 Å². The predicted octanol–water partition coefficient (Wildman–Crippen LogP) is 3.54. The molecule has 2 aromatic rings. The zero-order valence-electron chi connectivity index (χ0n) is 19.6. The van der Waals surface area contributed by atoms with Crippen LogP contribution < -0.4 is 10.6 Å². The van der Waals surface area contributed by atoms with Crippen molar-refractivity contribution in [2.75, 3.05) is 25.3 Å². The molecule has 1 aliphatic rings. The van der Waals surface area contributed by atoms with Crippen molar-refractivity contribution in [3.63, 3.8) is 0 Å². The minimum absolute atomic E-state index is 0.0903. The van der Waals surface area contributed by atoms with Gasteiger partial charge in [-0.2, -0.15) is 5.26 Å². The van der Waals surface area contributed by atoms with Gasteiger partial charge >= 0.3 is 11.9 Å². The van der Waals surface area contributed by atoms with E-state index in [1.54, 1.807) is 30.3 Å². The fraction of sp³-hybridized carbons (Fsp3) is 0.240. The van der Waals surface area contributed by atoms with Gasteiger partial charge in [-0.15, -0.1) is 0 Å². The van der Waals surface area contributed by atoms with Crippen LogP contribution in [0.1, 0.15) is 27.4 Å². The van der Waals surface area contributed by atoms with Crippen LogP contribution in [-0.2, 0) is 23.9 Å². The third-order valence-corrected chi connectivity index (χ3v) is 6.75. The van der Waals surface area contributed by atoms with E-state index in [9.17, 15) is 24.4 Å². The van der Waals surface area contributed by atoms with Crippen molar-refractivity contribution in [2.24, 2.45) is 5.92 Å². The Morgan fingerprint density at radius 2 is 1.83 bits per heavy atom. The molecule has 2 atom stereocenters. The van der Waals surface area contributed by atoms with Crippen LogP contribution in [0.25, 0.3) is 0 Å². The zero-order valence-corrected chi connectivity index (χ0v) is 21.2. The van der Waals surface area contributed by atoms with Gasteiger partial charge < -0.3 is 20.1 Å². The van der Waals surface area contributed by atoms with E-state index >= 15 is 0 Å². The Bertz CT molecular complexity index is 1290. The van der Waals surface area contributed by atoms with Crippen LogP contribution in [0.2, 0.25) is 5.02 Å². The number of aryl methyl sites for hydroxylation is 1. The smallest absolute Gasteiger partial charge is 0.337 e. The molecular formula is C25H22ClN3O6S. The van der Waals surface area contributed by atoms with Gasteiger partial charge in [-0.1, -0.05) is 41.6 Å². The fourth-order valence-corrected chi connectivity index (χ4v) is 4.70. The number of allylic oxidation sites excluding steroid dienone is 1. The van der Waals surface area contributed by atoms with E-state index in [1.807, 2.05) is 6.92 Å². The maximum Gasteiger partial charge on any atom is 0.337 e. The van der Waals surface area contributed by atoms with Crippen LogP contribution in [0.5, 0.6) is 0 Å². The monoisotopic (exact) mass is 527 g/mol. The highest BCUT2D eigenvalue weighted by molar-refractivity contribution is 8.03. The average Bonchev–Trinajstić information content (AvgIpc) is 2.88. The van der Waals surface area contributed by atoms with E-state index in [-0.39, 0.29) is 27.8 Å². The number of methoxy groups -OCH3 is 2. The van der Waals surface area contributed by atoms with Crippen LogP contribution in [0.4, 0.5) is 5.69 Å². The first-order valence-electron chi connectivity index (χ1n) is 10.6. The van der Waals surface area contributed by atoms with Crippen LogP contribution in [0.3, 0.4) is 0 Å². The lowest BCUT2D eigenvalue weighted by Gasteiger charge is -2.31. The Hall–Kier alpha value is -3.81. The van der Waals surface area contributed by atoms with E-state index in [2.05, 4.69) is 16.7 Å². The van der Waals surface area contributed by atoms with Gasteiger partial charge in [-0.3, -0.25) is 14.4 Å². The van der Waals surface area contributed by atoms with Gasteiger partial charge in [0.25, 0.3) is 0 Å². The van der Waals surface area contributed by atoms with Crippen LogP contribution in [0.15, 0.2) is 53.1 Å². The maximum atomic E-state index is 12.9. The lowest BCUT2D eigenvalue weighted by molar-refractivity contribution is -0.150. The number of nitrogens with one attached hydrogen (secondary N) is 2. The molecule has 1 heterocycles. The summed E-state index contributed by atoms with van der Waals surface area (Å²) in [6, 6.07) is 13.2. The lowest BCUT2D eigenvalue weighted by atomic mass is 9.78. The molecule has 11 heteroatoms. The van der Waals surface area contributed by atoms with Gasteiger partial charge in [0.1, 0.15) is 5.92 Å². The third kappa shape index (κ3) is 5.87. The first-order valence-corrected chi connectivity index (χ1v) is 12.0. The number of rotatable bonds is 7. The highest BCUT2D eigenvalue weighted by atomic mass is 35.5. The molecule has 1 aliphatic heterocycles. The number of ether oxygens (including phenoxy) is 2. The Morgan fingerprint density at radius 3 is 2.44 bits per heavy atom. The summed E-state index contributed by atoms with van der Waals surface area (Å²) in [5, 5.41) is 15.9. The molecular weight excluding hydrogens is 506 g/mol. The minimum Gasteiger partial charge on any atom is -0.468 e. The molecule has 2 amide bonds. The van der Waals surface area contributed by atoms with E-state index in [0.29, 0.717) is 16.3 Å². The number of hydrogen-bond acceptors (Lipinski definition) is 8. The van der Waals surface area contributed by atoms with Crippen molar-refractivity contribution in [1.82, 2.24) is 5.32 Å². The molecule has 9 nitrogen and oxygen atoms in total. The topological polar surface area (TPSA) is 135 Å². The van der Waals surface area contributed by atoms with Crippen LogP contribution >= 0.6 is 23.4 Å². The lowest BCUT2D eigenvalue weighted by Crippen LogP contribution is -2.44. The van der Waals surface area contributed by atoms with Gasteiger partial charge in [0, 0.05) is 16.6 Å². The summed E-state index contributed by atoms with van der Waals surface area (Å²) in [4.78, 5) is 49.8. The molecule has 2 N–H and O–H groups in total. The molecule has 36 heavy (non-hydrogen) atoms. The predicted molar refractivity (Wildman–Crippen MR) is 134 cm³/mol. The number of nitrogens with zero attached hydrogens (tertiary/aromatic N) is 1. The SMILES string of the molecule is COC(=O)c1ccc([C@H]2C(C#N)=C(SCC(=O)Nc3cc(Cl)ccc3C)NC(=O)[C@@H]2C(=O)OC)cc1. The molecule has 0 radical (unpaired) electrons. The van der Waals surface area contributed by atoms with Crippen molar-refractivity contribution in [3.05, 3.63) is 74.8 Å². The molecule has 0 saturated heterocycles. The van der Waals surface area contributed by atoms with E-state index in [0.717, 1.165) is 24.4 Å². The summed E-state index contributed by atoms with van der Waals surface area (Å²) in [6.07, 6.45) is 0. The number of carbonyl (C=O) groups excluding carboxylic acids is 4. The second-order valence-corrected chi connectivity index (χ2v) is 9.15. The normalized spacial score (nSPS) is 17.0. The van der Waals surface area contributed by atoms with Crippen molar-refractivity contribution in [1.29, 1.82) is 5.26 Å². The standard InChI is InChI=1S/C25H22ClN3O6S/c1-13-4-9-16(26)10-18(13)28-19(30)12-36-23-17(11-27)20(21(22(31)29-23)25(33)35-3)14-5-7-15(8-6-14)24(32)34-2/h4-10,20-21H,12H2,1-3H3,(H,28,30)(H,29,31)/t20-,21+/m0/s1. The quantitative estimate of drug-likeness (QED) is 0.412. The molecule has 2 aromatic carbocycles. The number of thioether (sulfide) groups is 1. The molecule has 186 valence electrons. The molecule has 3 rings (SSSR count). The minimum atomic E-state index is -1.33. The number of amides is 2. The van der Waals surface area contributed by atoms with Gasteiger partial charge in [0.2, 0.25) is 11.8 Å². The van der Waals surface area contributed by atoms with E-state index < -0.39 is 29.7 Å². The molecule has 0 spiro atoms. The zero-order chi connectivity index (χ0) is 26.4. The second kappa shape index (κ2) is 11.7. The average molecular weight is 528 g/mol. The highest BCUT2D eigenvalue weighted by Gasteiger charge is 2.44. The van der Waals surface area contributed by atoms with Crippen molar-refractivity contribution in [2.45, 2.75) is 12.8 Å². The second-order valence-electron chi connectivity index (χ2n) is 7.73. The Balaban J connectivity index is 1.91. The number of benzene rings is 2. The Labute approximate surface area is 216 Å². The molecule has 0 aliphatic carbocycles. The van der Waals surface area contributed by atoms with Crippen molar-refractivity contribution >= 4 is 52.8 Å². The molecule has 0 fully saturated rings. The number of carbonyl (C=O) groups is 4. The van der Waals surface area contributed by atoms with Crippen molar-refractivity contribution in [3.8, 4) is 6.07 Å². The van der Waals surface area contributed by atoms with E-state index in [4.69, 9.17) is 21.1 Å². The molecule has 0 bridgehead atoms. The summed E-state index contributed by atoms with van der Waals surface area (Å²) in [5.41, 5.74) is 2.16. The van der Waals surface area contributed by atoms with Crippen molar-refractivity contribution < 1.29 is 28.7 Å². The number of esters is 2. The Morgan fingerprint density at radius 1 is 1.14 bits per heavy atom. The summed E-state index contributed by atoms with van der Waals surface area (Å²) in [5.74, 6) is -4.86. The maximum absolute atomic E-state index is 12.9. The number of anilines is 1. The molecule has 0 saturated carbocycles. The van der Waals surface area contributed by atoms with Gasteiger partial charge in [0.05, 0.1) is 42.2 Å². The largest absolute Gasteiger partial charge is 0.468 e. The summed E-state index contributed by atoms with van der Waals surface area (Å²) >= 11 is 6.96. The first-order chi connectivity index (χ1) is 17.2. The number of halogens is 1. The fourth-order valence-electron chi connectivity index (χ4n) is 3.68. The molecule has 0 unspecified atom stereocenters. The Kier molecular flexibility index (Phi) is 8.74. The van der Waals surface area contributed by atoms with Crippen LogP contribution in [-0.4, -0.2) is 43.7 Å². The highest BCUT2D eigenvalue weighted by Crippen LogP contribution is 2.40. The number of hydrogen-bond donors (Lipinski definition) is 2. The van der Waals surface area contributed by atoms with Gasteiger partial charge in [0.15, 0.2) is 0 Å². The van der Waals surface area contributed by atoms with Crippen LogP contribution in [0, 0.1) is 24.2 Å².